The van der Waals surface area contributed by atoms with Gasteiger partial charge in [0.15, 0.2) is 5.82 Å². The molecule has 0 spiro atoms. The minimum Gasteiger partial charge on any atom is -0.496 e. The lowest BCUT2D eigenvalue weighted by molar-refractivity contribution is 0.412. The fraction of sp³-hybridized carbons (Fsp3) is 0.286. The molecule has 0 fully saturated rings. The summed E-state index contributed by atoms with van der Waals surface area (Å²) < 4.78 is 6.14. The van der Waals surface area contributed by atoms with Crippen LogP contribution in [0.15, 0.2) is 28.9 Å². The van der Waals surface area contributed by atoms with Gasteiger partial charge in [0.2, 0.25) is 0 Å². The standard InChI is InChI=1S/C14H14BrN3O/c1-19-13-3-2-9(6-11(13)15)14-17-8-10-7-16-5-4-12(10)18-14/h2-3,6,8,16H,4-5,7H2,1H3. The summed E-state index contributed by atoms with van der Waals surface area (Å²) in [5.41, 5.74) is 3.34. The summed E-state index contributed by atoms with van der Waals surface area (Å²) in [6.45, 7) is 1.84. The van der Waals surface area contributed by atoms with E-state index in [4.69, 9.17) is 4.74 Å². The molecular weight excluding hydrogens is 306 g/mol. The van der Waals surface area contributed by atoms with Gasteiger partial charge in [-0.2, -0.15) is 0 Å². The number of rotatable bonds is 2. The van der Waals surface area contributed by atoms with Gasteiger partial charge < -0.3 is 10.1 Å². The minimum atomic E-state index is 0.768. The zero-order valence-corrected chi connectivity index (χ0v) is 12.2. The van der Waals surface area contributed by atoms with Gasteiger partial charge in [0.05, 0.1) is 17.3 Å². The third-order valence-corrected chi connectivity index (χ3v) is 3.84. The van der Waals surface area contributed by atoms with Gasteiger partial charge >= 0.3 is 0 Å². The van der Waals surface area contributed by atoms with Crippen molar-refractivity contribution in [3.8, 4) is 17.1 Å². The van der Waals surface area contributed by atoms with E-state index in [-0.39, 0.29) is 0 Å². The van der Waals surface area contributed by atoms with Crippen molar-refractivity contribution in [3.05, 3.63) is 40.1 Å². The summed E-state index contributed by atoms with van der Waals surface area (Å²) in [7, 11) is 1.65. The molecule has 0 radical (unpaired) electrons. The molecule has 98 valence electrons. The summed E-state index contributed by atoms with van der Waals surface area (Å²) in [5.74, 6) is 1.58. The number of nitrogens with one attached hydrogen (secondary N) is 1. The average Bonchev–Trinajstić information content (AvgIpc) is 2.46. The van der Waals surface area contributed by atoms with Crippen LogP contribution in [-0.4, -0.2) is 23.6 Å². The van der Waals surface area contributed by atoms with E-state index in [0.717, 1.165) is 46.8 Å². The number of nitrogens with zero attached hydrogens (tertiary/aromatic N) is 2. The van der Waals surface area contributed by atoms with Gasteiger partial charge in [0, 0.05) is 36.8 Å². The molecule has 19 heavy (non-hydrogen) atoms. The lowest BCUT2D eigenvalue weighted by atomic mass is 10.1. The number of methoxy groups -OCH3 is 1. The Kier molecular flexibility index (Phi) is 3.48. The monoisotopic (exact) mass is 319 g/mol. The molecule has 0 amide bonds. The van der Waals surface area contributed by atoms with E-state index in [1.165, 1.54) is 5.56 Å². The van der Waals surface area contributed by atoms with Crippen molar-refractivity contribution in [1.82, 2.24) is 15.3 Å². The third-order valence-electron chi connectivity index (χ3n) is 3.22. The minimum absolute atomic E-state index is 0.768. The number of hydrogen-bond donors (Lipinski definition) is 1. The van der Waals surface area contributed by atoms with Crippen molar-refractivity contribution in [2.75, 3.05) is 13.7 Å². The summed E-state index contributed by atoms with van der Waals surface area (Å²) in [6, 6.07) is 5.89. The Bertz CT molecular complexity index is 616. The molecule has 0 atom stereocenters. The molecule has 1 aromatic heterocycles. The van der Waals surface area contributed by atoms with Crippen LogP contribution in [0.3, 0.4) is 0 Å². The first-order valence-corrected chi connectivity index (χ1v) is 6.96. The molecule has 2 heterocycles. The van der Waals surface area contributed by atoms with Crippen LogP contribution in [0.2, 0.25) is 0 Å². The normalized spacial score (nSPS) is 14.0. The first-order chi connectivity index (χ1) is 9.28. The van der Waals surface area contributed by atoms with Crippen LogP contribution in [0.5, 0.6) is 5.75 Å². The Morgan fingerprint density at radius 1 is 1.37 bits per heavy atom. The number of benzene rings is 1. The Balaban J connectivity index is 2.00. The molecule has 0 bridgehead atoms. The predicted octanol–water partition coefficient (Wildman–Crippen LogP) is 2.56. The van der Waals surface area contributed by atoms with Gasteiger partial charge in [-0.25, -0.2) is 9.97 Å². The molecule has 0 saturated heterocycles. The summed E-state index contributed by atoms with van der Waals surface area (Å²) >= 11 is 3.49. The van der Waals surface area contributed by atoms with Crippen LogP contribution in [0.25, 0.3) is 11.4 Å². The van der Waals surface area contributed by atoms with Crippen LogP contribution in [0.4, 0.5) is 0 Å². The predicted molar refractivity (Wildman–Crippen MR) is 77.1 cm³/mol. The van der Waals surface area contributed by atoms with E-state index in [2.05, 4.69) is 31.2 Å². The van der Waals surface area contributed by atoms with Crippen molar-refractivity contribution in [2.45, 2.75) is 13.0 Å². The van der Waals surface area contributed by atoms with Crippen molar-refractivity contribution in [3.63, 3.8) is 0 Å². The fourth-order valence-electron chi connectivity index (χ4n) is 2.18. The second kappa shape index (κ2) is 5.27. The largest absolute Gasteiger partial charge is 0.496 e. The number of aromatic nitrogens is 2. The first-order valence-electron chi connectivity index (χ1n) is 6.17. The molecule has 3 rings (SSSR count). The van der Waals surface area contributed by atoms with E-state index in [0.29, 0.717) is 0 Å². The Hall–Kier alpha value is -1.46. The molecule has 2 aromatic rings. The molecule has 5 heteroatoms. The molecule has 1 aliphatic rings. The molecule has 1 aromatic carbocycles. The first kappa shape index (κ1) is 12.6. The maximum absolute atomic E-state index is 5.23. The average molecular weight is 320 g/mol. The van der Waals surface area contributed by atoms with Gasteiger partial charge in [-0.3, -0.25) is 0 Å². The third kappa shape index (κ3) is 2.48. The Morgan fingerprint density at radius 3 is 3.05 bits per heavy atom. The van der Waals surface area contributed by atoms with Gasteiger partial charge in [-0.15, -0.1) is 0 Å². The molecule has 0 saturated carbocycles. The highest BCUT2D eigenvalue weighted by atomic mass is 79.9. The quantitative estimate of drug-likeness (QED) is 0.924. The molecule has 0 unspecified atom stereocenters. The van der Waals surface area contributed by atoms with E-state index < -0.39 is 0 Å². The highest BCUT2D eigenvalue weighted by Gasteiger charge is 2.13. The number of ether oxygens (including phenoxy) is 1. The summed E-state index contributed by atoms with van der Waals surface area (Å²) in [5, 5.41) is 3.32. The van der Waals surface area contributed by atoms with Crippen molar-refractivity contribution < 1.29 is 4.74 Å². The maximum Gasteiger partial charge on any atom is 0.159 e. The maximum atomic E-state index is 5.23. The topological polar surface area (TPSA) is 47.0 Å². The van der Waals surface area contributed by atoms with Gasteiger partial charge in [-0.05, 0) is 34.1 Å². The number of hydrogen-bond acceptors (Lipinski definition) is 4. The molecule has 0 aliphatic carbocycles. The molecular formula is C14H14BrN3O. The van der Waals surface area contributed by atoms with Crippen molar-refractivity contribution in [1.29, 1.82) is 0 Å². The van der Waals surface area contributed by atoms with Crippen LogP contribution in [-0.2, 0) is 13.0 Å². The molecule has 1 N–H and O–H groups in total. The SMILES string of the molecule is COc1ccc(-c2ncc3c(n2)CCNC3)cc1Br. The fourth-order valence-corrected chi connectivity index (χ4v) is 2.72. The highest BCUT2D eigenvalue weighted by molar-refractivity contribution is 9.10. The number of fused-ring (bicyclic) bond motifs is 1. The Morgan fingerprint density at radius 2 is 2.26 bits per heavy atom. The number of halogens is 1. The Labute approximate surface area is 120 Å². The summed E-state index contributed by atoms with van der Waals surface area (Å²) in [6.07, 6.45) is 2.88. The second-order valence-electron chi connectivity index (χ2n) is 4.44. The van der Waals surface area contributed by atoms with E-state index >= 15 is 0 Å². The van der Waals surface area contributed by atoms with E-state index in [9.17, 15) is 0 Å². The van der Waals surface area contributed by atoms with Gasteiger partial charge in [-0.1, -0.05) is 0 Å². The highest BCUT2D eigenvalue weighted by Crippen LogP contribution is 2.29. The smallest absolute Gasteiger partial charge is 0.159 e. The van der Waals surface area contributed by atoms with Crippen LogP contribution in [0, 0.1) is 0 Å². The van der Waals surface area contributed by atoms with E-state index in [1.807, 2.05) is 24.4 Å². The summed E-state index contributed by atoms with van der Waals surface area (Å²) in [4.78, 5) is 9.11. The lowest BCUT2D eigenvalue weighted by Crippen LogP contribution is -2.24. The zero-order valence-electron chi connectivity index (χ0n) is 10.6. The molecule has 4 nitrogen and oxygen atoms in total. The van der Waals surface area contributed by atoms with Gasteiger partial charge in [0.1, 0.15) is 5.75 Å². The zero-order chi connectivity index (χ0) is 13.2. The van der Waals surface area contributed by atoms with E-state index in [1.54, 1.807) is 7.11 Å². The van der Waals surface area contributed by atoms with Crippen molar-refractivity contribution in [2.24, 2.45) is 0 Å². The van der Waals surface area contributed by atoms with Crippen molar-refractivity contribution >= 4 is 15.9 Å². The van der Waals surface area contributed by atoms with Crippen LogP contribution < -0.4 is 10.1 Å². The van der Waals surface area contributed by atoms with Crippen LogP contribution in [0.1, 0.15) is 11.3 Å². The van der Waals surface area contributed by atoms with Gasteiger partial charge in [0.25, 0.3) is 0 Å². The lowest BCUT2D eigenvalue weighted by Gasteiger charge is -2.16. The van der Waals surface area contributed by atoms with Crippen LogP contribution >= 0.6 is 15.9 Å². The molecule has 1 aliphatic heterocycles. The second-order valence-corrected chi connectivity index (χ2v) is 5.30.